The van der Waals surface area contributed by atoms with E-state index in [2.05, 4.69) is 10.1 Å². The molecule has 0 aromatic carbocycles. The second kappa shape index (κ2) is 4.06. The van der Waals surface area contributed by atoms with Gasteiger partial charge in [0.15, 0.2) is 0 Å². The van der Waals surface area contributed by atoms with E-state index in [1.54, 1.807) is 13.3 Å². The fourth-order valence-electron chi connectivity index (χ4n) is 0.541. The van der Waals surface area contributed by atoms with Gasteiger partial charge in [-0.1, -0.05) is 13.8 Å². The molecule has 0 aromatic heterocycles. The molecule has 0 heterocycles. The SMILES string of the molecule is CN=C(C=NN)C(C)C. The van der Waals surface area contributed by atoms with Crippen LogP contribution in [0, 0.1) is 5.92 Å². The van der Waals surface area contributed by atoms with Gasteiger partial charge in [-0.15, -0.1) is 0 Å². The van der Waals surface area contributed by atoms with Crippen molar-refractivity contribution in [3.05, 3.63) is 0 Å². The van der Waals surface area contributed by atoms with Crippen LogP contribution in [-0.4, -0.2) is 19.0 Å². The molecule has 0 aliphatic heterocycles. The zero-order valence-electron chi connectivity index (χ0n) is 6.13. The van der Waals surface area contributed by atoms with Gasteiger partial charge in [0.25, 0.3) is 0 Å². The number of hydrogen-bond donors (Lipinski definition) is 1. The maximum atomic E-state index is 4.93. The first-order valence-electron chi connectivity index (χ1n) is 2.92. The Labute approximate surface area is 55.7 Å². The maximum Gasteiger partial charge on any atom is 0.0678 e. The van der Waals surface area contributed by atoms with Crippen LogP contribution in [-0.2, 0) is 0 Å². The highest BCUT2D eigenvalue weighted by Gasteiger charge is 1.98. The molecular formula is C6H13N3. The van der Waals surface area contributed by atoms with Crippen molar-refractivity contribution in [1.29, 1.82) is 0 Å². The summed E-state index contributed by atoms with van der Waals surface area (Å²) in [6.07, 6.45) is 1.57. The van der Waals surface area contributed by atoms with Crippen molar-refractivity contribution in [3.8, 4) is 0 Å². The average molecular weight is 127 g/mol. The Morgan fingerprint density at radius 2 is 2.11 bits per heavy atom. The first kappa shape index (κ1) is 8.14. The Bertz CT molecular complexity index is 124. The summed E-state index contributed by atoms with van der Waals surface area (Å²) in [6, 6.07) is 0. The van der Waals surface area contributed by atoms with Gasteiger partial charge in [-0.2, -0.15) is 5.10 Å². The lowest BCUT2D eigenvalue weighted by molar-refractivity contribution is 0.892. The minimum atomic E-state index is 0.405. The highest BCUT2D eigenvalue weighted by atomic mass is 15.1. The fourth-order valence-corrected chi connectivity index (χ4v) is 0.541. The van der Waals surface area contributed by atoms with Crippen LogP contribution in [0.4, 0.5) is 0 Å². The largest absolute Gasteiger partial charge is 0.323 e. The Morgan fingerprint density at radius 1 is 1.56 bits per heavy atom. The number of nitrogens with zero attached hydrogens (tertiary/aromatic N) is 2. The highest BCUT2D eigenvalue weighted by molar-refractivity contribution is 6.31. The first-order chi connectivity index (χ1) is 4.22. The minimum absolute atomic E-state index is 0.405. The van der Waals surface area contributed by atoms with Crippen LogP contribution < -0.4 is 5.84 Å². The molecule has 0 aromatic rings. The van der Waals surface area contributed by atoms with E-state index in [4.69, 9.17) is 5.84 Å². The van der Waals surface area contributed by atoms with E-state index in [1.165, 1.54) is 0 Å². The summed E-state index contributed by atoms with van der Waals surface area (Å²) in [4.78, 5) is 3.96. The molecule has 0 fully saturated rings. The second-order valence-electron chi connectivity index (χ2n) is 2.08. The van der Waals surface area contributed by atoms with E-state index < -0.39 is 0 Å². The van der Waals surface area contributed by atoms with Gasteiger partial charge in [0.2, 0.25) is 0 Å². The van der Waals surface area contributed by atoms with Gasteiger partial charge < -0.3 is 5.84 Å². The first-order valence-corrected chi connectivity index (χ1v) is 2.92. The predicted molar refractivity (Wildman–Crippen MR) is 40.9 cm³/mol. The number of nitrogens with two attached hydrogens (primary N) is 1. The van der Waals surface area contributed by atoms with Crippen LogP contribution in [0.5, 0.6) is 0 Å². The summed E-state index contributed by atoms with van der Waals surface area (Å²) < 4.78 is 0. The summed E-state index contributed by atoms with van der Waals surface area (Å²) in [6.45, 7) is 4.09. The summed E-state index contributed by atoms with van der Waals surface area (Å²) in [5.41, 5.74) is 0.928. The molecule has 3 heteroatoms. The van der Waals surface area contributed by atoms with Crippen LogP contribution in [0.2, 0.25) is 0 Å². The summed E-state index contributed by atoms with van der Waals surface area (Å²) in [7, 11) is 1.73. The number of rotatable bonds is 2. The van der Waals surface area contributed by atoms with E-state index in [9.17, 15) is 0 Å². The van der Waals surface area contributed by atoms with Gasteiger partial charge in [0.05, 0.1) is 11.9 Å². The van der Waals surface area contributed by atoms with Gasteiger partial charge in [-0.05, 0) is 5.92 Å². The molecule has 0 aliphatic rings. The van der Waals surface area contributed by atoms with Crippen molar-refractivity contribution in [2.24, 2.45) is 21.9 Å². The van der Waals surface area contributed by atoms with Crippen molar-refractivity contribution in [2.75, 3.05) is 7.05 Å². The molecular weight excluding hydrogens is 114 g/mol. The molecule has 3 nitrogen and oxygen atoms in total. The standard InChI is InChI=1S/C6H13N3/c1-5(2)6(8-3)4-9-7/h4-5H,7H2,1-3H3. The van der Waals surface area contributed by atoms with Crippen LogP contribution >= 0.6 is 0 Å². The zero-order chi connectivity index (χ0) is 7.28. The van der Waals surface area contributed by atoms with E-state index in [-0.39, 0.29) is 0 Å². The van der Waals surface area contributed by atoms with E-state index >= 15 is 0 Å². The zero-order valence-corrected chi connectivity index (χ0v) is 6.13. The lowest BCUT2D eigenvalue weighted by Gasteiger charge is -2.00. The van der Waals surface area contributed by atoms with Crippen LogP contribution in [0.3, 0.4) is 0 Å². The van der Waals surface area contributed by atoms with E-state index in [0.29, 0.717) is 5.92 Å². The summed E-state index contributed by atoms with van der Waals surface area (Å²) in [5, 5.41) is 3.37. The topological polar surface area (TPSA) is 50.7 Å². The number of hydrogen-bond acceptors (Lipinski definition) is 3. The molecule has 0 aliphatic carbocycles. The third kappa shape index (κ3) is 2.85. The monoisotopic (exact) mass is 127 g/mol. The molecule has 0 bridgehead atoms. The van der Waals surface area contributed by atoms with Crippen LogP contribution in [0.15, 0.2) is 10.1 Å². The quantitative estimate of drug-likeness (QED) is 0.330. The molecule has 0 saturated heterocycles. The maximum absolute atomic E-state index is 4.93. The molecule has 9 heavy (non-hydrogen) atoms. The highest BCUT2D eigenvalue weighted by Crippen LogP contribution is 1.92. The lowest BCUT2D eigenvalue weighted by atomic mass is 10.1. The Morgan fingerprint density at radius 3 is 2.22 bits per heavy atom. The molecule has 2 N–H and O–H groups in total. The lowest BCUT2D eigenvalue weighted by Crippen LogP contribution is -2.09. The number of aliphatic imine (C=N–C) groups is 1. The third-order valence-electron chi connectivity index (χ3n) is 1.06. The molecule has 0 atom stereocenters. The van der Waals surface area contributed by atoms with Gasteiger partial charge in [0.1, 0.15) is 0 Å². The van der Waals surface area contributed by atoms with Gasteiger partial charge in [0, 0.05) is 7.05 Å². The molecule has 0 saturated carbocycles. The Balaban J connectivity index is 4.01. The smallest absolute Gasteiger partial charge is 0.0678 e. The van der Waals surface area contributed by atoms with Gasteiger partial charge in [-0.3, -0.25) is 4.99 Å². The number of hydrazone groups is 1. The fraction of sp³-hybridized carbons (Fsp3) is 0.667. The normalized spacial score (nSPS) is 13.6. The van der Waals surface area contributed by atoms with Crippen molar-refractivity contribution in [3.63, 3.8) is 0 Å². The molecule has 0 amide bonds. The minimum Gasteiger partial charge on any atom is -0.323 e. The molecule has 0 unspecified atom stereocenters. The average Bonchev–Trinajstić information content (AvgIpc) is 1.82. The van der Waals surface area contributed by atoms with Gasteiger partial charge >= 0.3 is 0 Å². The Kier molecular flexibility index (Phi) is 3.67. The predicted octanol–water partition coefficient (Wildman–Crippen LogP) is 0.658. The summed E-state index contributed by atoms with van der Waals surface area (Å²) in [5.74, 6) is 5.34. The van der Waals surface area contributed by atoms with Crippen molar-refractivity contribution in [2.45, 2.75) is 13.8 Å². The van der Waals surface area contributed by atoms with Crippen molar-refractivity contribution in [1.82, 2.24) is 0 Å². The van der Waals surface area contributed by atoms with Crippen molar-refractivity contribution >= 4 is 11.9 Å². The Hall–Kier alpha value is -0.860. The van der Waals surface area contributed by atoms with Crippen LogP contribution in [0.25, 0.3) is 0 Å². The summed E-state index contributed by atoms with van der Waals surface area (Å²) >= 11 is 0. The molecule has 0 rings (SSSR count). The molecule has 0 spiro atoms. The van der Waals surface area contributed by atoms with Crippen molar-refractivity contribution < 1.29 is 0 Å². The second-order valence-corrected chi connectivity index (χ2v) is 2.08. The molecule has 0 radical (unpaired) electrons. The van der Waals surface area contributed by atoms with E-state index in [1.807, 2.05) is 13.8 Å². The third-order valence-corrected chi connectivity index (χ3v) is 1.06. The van der Waals surface area contributed by atoms with Gasteiger partial charge in [-0.25, -0.2) is 0 Å². The van der Waals surface area contributed by atoms with E-state index in [0.717, 1.165) is 5.71 Å². The van der Waals surface area contributed by atoms with Crippen LogP contribution in [0.1, 0.15) is 13.8 Å². The molecule has 52 valence electrons.